The Balaban J connectivity index is 2.61. The van der Waals surface area contributed by atoms with Gasteiger partial charge in [-0.15, -0.1) is 0 Å². The van der Waals surface area contributed by atoms with E-state index in [-0.39, 0.29) is 22.3 Å². The number of allylic oxidation sites excluding steroid dienone is 2. The first kappa shape index (κ1) is 22.8. The molecule has 3 nitrogen and oxygen atoms in total. The van der Waals surface area contributed by atoms with Crippen LogP contribution in [0, 0.1) is 0 Å². The van der Waals surface area contributed by atoms with Gasteiger partial charge in [-0.2, -0.15) is 0 Å². The van der Waals surface area contributed by atoms with E-state index < -0.39 is 16.6 Å². The summed E-state index contributed by atoms with van der Waals surface area (Å²) in [6.07, 6.45) is 8.28. The first-order chi connectivity index (χ1) is 11.2. The van der Waals surface area contributed by atoms with Gasteiger partial charge >= 0.3 is 0 Å². The van der Waals surface area contributed by atoms with Crippen molar-refractivity contribution in [1.82, 2.24) is 0 Å². The SMILES string of the molecule is CC(C)(C)[Si](C)(C)OC[C@H]1C=CC=C[C@@H](CO[Si](C)(C)C(C)(C)C)O1. The molecule has 0 N–H and O–H groups in total. The summed E-state index contributed by atoms with van der Waals surface area (Å²) in [5.41, 5.74) is 0. The van der Waals surface area contributed by atoms with Gasteiger partial charge in [0.15, 0.2) is 16.6 Å². The molecule has 0 saturated carbocycles. The molecule has 0 radical (unpaired) electrons. The number of rotatable bonds is 6. The zero-order valence-corrected chi connectivity index (χ0v) is 20.1. The highest BCUT2D eigenvalue weighted by molar-refractivity contribution is 6.74. The first-order valence-electron chi connectivity index (χ1n) is 9.44. The monoisotopic (exact) mass is 384 g/mol. The molecule has 1 aliphatic rings. The molecule has 0 aliphatic carbocycles. The van der Waals surface area contributed by atoms with Crippen LogP contribution in [-0.2, 0) is 13.6 Å². The van der Waals surface area contributed by atoms with Gasteiger partial charge in [0.25, 0.3) is 0 Å². The van der Waals surface area contributed by atoms with Crippen molar-refractivity contribution in [3.05, 3.63) is 24.3 Å². The van der Waals surface area contributed by atoms with E-state index in [0.29, 0.717) is 13.2 Å². The van der Waals surface area contributed by atoms with Crippen LogP contribution in [0.5, 0.6) is 0 Å². The maximum atomic E-state index is 6.34. The molecule has 25 heavy (non-hydrogen) atoms. The Morgan fingerprint density at radius 2 is 1.04 bits per heavy atom. The Kier molecular flexibility index (Phi) is 7.50. The summed E-state index contributed by atoms with van der Waals surface area (Å²) < 4.78 is 18.9. The molecule has 0 aromatic carbocycles. The van der Waals surface area contributed by atoms with Crippen LogP contribution in [0.4, 0.5) is 0 Å². The van der Waals surface area contributed by atoms with Crippen molar-refractivity contribution >= 4 is 16.6 Å². The second kappa shape index (κ2) is 8.21. The molecule has 0 fully saturated rings. The van der Waals surface area contributed by atoms with E-state index in [4.69, 9.17) is 13.6 Å². The van der Waals surface area contributed by atoms with Crippen molar-refractivity contribution in [1.29, 1.82) is 0 Å². The van der Waals surface area contributed by atoms with Gasteiger partial charge in [-0.1, -0.05) is 65.8 Å². The highest BCUT2D eigenvalue weighted by Crippen LogP contribution is 2.37. The largest absolute Gasteiger partial charge is 0.414 e. The summed E-state index contributed by atoms with van der Waals surface area (Å²) in [4.78, 5) is 0. The first-order valence-corrected chi connectivity index (χ1v) is 15.3. The Morgan fingerprint density at radius 3 is 1.32 bits per heavy atom. The molecule has 1 aliphatic heterocycles. The minimum Gasteiger partial charge on any atom is -0.414 e. The summed E-state index contributed by atoms with van der Waals surface area (Å²) in [7, 11) is -3.52. The van der Waals surface area contributed by atoms with Gasteiger partial charge in [0.05, 0.1) is 25.4 Å². The molecule has 0 aromatic rings. The summed E-state index contributed by atoms with van der Waals surface area (Å²) >= 11 is 0. The molecule has 0 saturated heterocycles. The maximum absolute atomic E-state index is 6.34. The number of ether oxygens (including phenoxy) is 1. The molecule has 0 amide bonds. The zero-order valence-electron chi connectivity index (χ0n) is 18.1. The Hall–Kier alpha value is -0.206. The quantitative estimate of drug-likeness (QED) is 0.533. The van der Waals surface area contributed by atoms with E-state index >= 15 is 0 Å². The van der Waals surface area contributed by atoms with Crippen molar-refractivity contribution in [2.75, 3.05) is 13.2 Å². The van der Waals surface area contributed by atoms with Crippen LogP contribution >= 0.6 is 0 Å². The minimum absolute atomic E-state index is 0.0165. The van der Waals surface area contributed by atoms with Gasteiger partial charge in [0.2, 0.25) is 0 Å². The van der Waals surface area contributed by atoms with E-state index in [9.17, 15) is 0 Å². The molecular weight excluding hydrogens is 344 g/mol. The van der Waals surface area contributed by atoms with E-state index in [0.717, 1.165) is 0 Å². The van der Waals surface area contributed by atoms with Crippen molar-refractivity contribution in [3.63, 3.8) is 0 Å². The second-order valence-electron chi connectivity index (χ2n) is 10.1. The Bertz CT molecular complexity index is 438. The van der Waals surface area contributed by atoms with E-state index in [1.807, 2.05) is 0 Å². The fourth-order valence-electron chi connectivity index (χ4n) is 1.90. The van der Waals surface area contributed by atoms with Crippen LogP contribution < -0.4 is 0 Å². The van der Waals surface area contributed by atoms with Gasteiger partial charge in [-0.25, -0.2) is 0 Å². The van der Waals surface area contributed by atoms with Crippen LogP contribution in [0.15, 0.2) is 24.3 Å². The summed E-state index contributed by atoms with van der Waals surface area (Å²) in [5.74, 6) is 0. The molecule has 1 heterocycles. The van der Waals surface area contributed by atoms with Gasteiger partial charge in [-0.05, 0) is 36.3 Å². The standard InChI is InChI=1S/C20H40O3Si2/c1-19(2,3)24(7,8)21-15-17-13-11-12-14-18(23-17)16-22-25(9,10)20(4,5)6/h11-14,17-18H,15-16H2,1-10H3/t17-,18+. The van der Waals surface area contributed by atoms with Gasteiger partial charge in [0.1, 0.15) is 0 Å². The van der Waals surface area contributed by atoms with Crippen LogP contribution in [0.2, 0.25) is 36.3 Å². The lowest BCUT2D eigenvalue weighted by molar-refractivity contribution is -0.00930. The van der Waals surface area contributed by atoms with Gasteiger partial charge in [-0.3, -0.25) is 0 Å². The molecule has 1 rings (SSSR count). The molecule has 0 aromatic heterocycles. The van der Waals surface area contributed by atoms with Crippen LogP contribution in [0.25, 0.3) is 0 Å². The van der Waals surface area contributed by atoms with E-state index in [1.54, 1.807) is 0 Å². The summed E-state index contributed by atoms with van der Waals surface area (Å²) in [6.45, 7) is 23.9. The number of hydrogen-bond donors (Lipinski definition) is 0. The third-order valence-corrected chi connectivity index (χ3v) is 14.9. The number of hydrogen-bond acceptors (Lipinski definition) is 3. The van der Waals surface area contributed by atoms with Crippen molar-refractivity contribution in [3.8, 4) is 0 Å². The predicted molar refractivity (Wildman–Crippen MR) is 113 cm³/mol. The van der Waals surface area contributed by atoms with Crippen LogP contribution in [-0.4, -0.2) is 42.1 Å². The van der Waals surface area contributed by atoms with Gasteiger partial charge in [0, 0.05) is 0 Å². The molecule has 0 unspecified atom stereocenters. The average Bonchev–Trinajstić information content (AvgIpc) is 2.66. The third kappa shape index (κ3) is 6.79. The molecule has 0 spiro atoms. The molecule has 146 valence electrons. The lowest BCUT2D eigenvalue weighted by Crippen LogP contribution is -2.44. The van der Waals surface area contributed by atoms with Crippen molar-refractivity contribution in [2.24, 2.45) is 0 Å². The summed E-state index contributed by atoms with van der Waals surface area (Å²) in [5, 5.41) is 0.426. The zero-order chi connectivity index (χ0) is 19.5. The van der Waals surface area contributed by atoms with Gasteiger partial charge < -0.3 is 13.6 Å². The van der Waals surface area contributed by atoms with E-state index in [2.05, 4.69) is 92.0 Å². The normalized spacial score (nSPS) is 23.0. The molecule has 5 heteroatoms. The van der Waals surface area contributed by atoms with Crippen LogP contribution in [0.3, 0.4) is 0 Å². The topological polar surface area (TPSA) is 27.7 Å². The maximum Gasteiger partial charge on any atom is 0.192 e. The third-order valence-electron chi connectivity index (χ3n) is 5.94. The minimum atomic E-state index is -1.76. The molecule has 0 bridgehead atoms. The highest BCUT2D eigenvalue weighted by Gasteiger charge is 2.39. The van der Waals surface area contributed by atoms with Crippen molar-refractivity contribution < 1.29 is 13.6 Å². The summed E-state index contributed by atoms with van der Waals surface area (Å²) in [6, 6.07) is 0. The fraction of sp³-hybridized carbons (Fsp3) is 0.800. The van der Waals surface area contributed by atoms with E-state index in [1.165, 1.54) is 0 Å². The Morgan fingerprint density at radius 1 is 0.720 bits per heavy atom. The lowest BCUT2D eigenvalue weighted by atomic mass is 10.2. The highest BCUT2D eigenvalue weighted by atomic mass is 28.4. The Labute approximate surface area is 158 Å². The lowest BCUT2D eigenvalue weighted by Gasteiger charge is -2.38. The fourth-order valence-corrected chi connectivity index (χ4v) is 3.92. The van der Waals surface area contributed by atoms with Crippen LogP contribution in [0.1, 0.15) is 41.5 Å². The average molecular weight is 385 g/mol. The molecular formula is C20H40O3Si2. The van der Waals surface area contributed by atoms with Crippen molar-refractivity contribution in [2.45, 2.75) is 90.0 Å². The smallest absolute Gasteiger partial charge is 0.192 e. The molecule has 2 atom stereocenters. The predicted octanol–water partition coefficient (Wildman–Crippen LogP) is 5.91. The second-order valence-corrected chi connectivity index (χ2v) is 19.7.